The van der Waals surface area contributed by atoms with Crippen molar-refractivity contribution in [2.75, 3.05) is 19.8 Å². The summed E-state index contributed by atoms with van der Waals surface area (Å²) < 4.78 is 31.0. The van der Waals surface area contributed by atoms with Crippen molar-refractivity contribution in [3.63, 3.8) is 0 Å². The number of halogens is 2. The third-order valence-corrected chi connectivity index (χ3v) is 3.07. The zero-order valence-electron chi connectivity index (χ0n) is 8.62. The van der Waals surface area contributed by atoms with Crippen molar-refractivity contribution in [2.45, 2.75) is 11.5 Å². The molecule has 0 aromatic heterocycles. The minimum absolute atomic E-state index is 0.0579. The lowest BCUT2D eigenvalue weighted by Crippen LogP contribution is -2.57. The molecule has 0 spiro atoms. The fourth-order valence-electron chi connectivity index (χ4n) is 1.90. The molecule has 1 aliphatic heterocycles. The molecule has 1 atom stereocenters. The highest BCUT2D eigenvalue weighted by molar-refractivity contribution is 5.31. The summed E-state index contributed by atoms with van der Waals surface area (Å²) in [5.41, 5.74) is 5.23. The molecule has 1 saturated heterocycles. The summed E-state index contributed by atoms with van der Waals surface area (Å²) in [6, 6.07) is 3.60. The van der Waals surface area contributed by atoms with E-state index in [1.807, 2.05) is 0 Å². The summed E-state index contributed by atoms with van der Waals surface area (Å²) in [6.45, 7) is 0.606. The average molecular weight is 229 g/mol. The molecule has 0 aliphatic carbocycles. The Kier molecular flexibility index (Phi) is 2.92. The van der Waals surface area contributed by atoms with Gasteiger partial charge >= 0.3 is 0 Å². The van der Waals surface area contributed by atoms with Crippen molar-refractivity contribution in [3.05, 3.63) is 35.4 Å². The maximum atomic E-state index is 13.1. The van der Waals surface area contributed by atoms with E-state index >= 15 is 0 Å². The van der Waals surface area contributed by atoms with E-state index in [-0.39, 0.29) is 19.8 Å². The molecular weight excluding hydrogens is 216 g/mol. The SMILES string of the molecule is NCC(O)C1(c2ccc(F)c(F)c2)COC1. The number of rotatable bonds is 3. The van der Waals surface area contributed by atoms with Gasteiger partial charge in [-0.05, 0) is 17.7 Å². The van der Waals surface area contributed by atoms with Gasteiger partial charge in [0.25, 0.3) is 0 Å². The van der Waals surface area contributed by atoms with Crippen molar-refractivity contribution in [1.29, 1.82) is 0 Å². The second-order valence-electron chi connectivity index (χ2n) is 4.03. The first-order valence-corrected chi connectivity index (χ1v) is 5.01. The normalized spacial score (nSPS) is 20.2. The lowest BCUT2D eigenvalue weighted by molar-refractivity contribution is -0.116. The fourth-order valence-corrected chi connectivity index (χ4v) is 1.90. The minimum Gasteiger partial charge on any atom is -0.391 e. The van der Waals surface area contributed by atoms with Gasteiger partial charge in [-0.15, -0.1) is 0 Å². The summed E-state index contributed by atoms with van der Waals surface area (Å²) in [4.78, 5) is 0. The van der Waals surface area contributed by atoms with E-state index in [0.29, 0.717) is 5.56 Å². The van der Waals surface area contributed by atoms with Crippen LogP contribution in [-0.4, -0.2) is 31.0 Å². The summed E-state index contributed by atoms with van der Waals surface area (Å²) in [7, 11) is 0. The fraction of sp³-hybridized carbons (Fsp3) is 0.455. The van der Waals surface area contributed by atoms with Crippen LogP contribution in [0.3, 0.4) is 0 Å². The third kappa shape index (κ3) is 1.61. The van der Waals surface area contributed by atoms with Crippen molar-refractivity contribution < 1.29 is 18.6 Å². The van der Waals surface area contributed by atoms with Gasteiger partial charge in [0.2, 0.25) is 0 Å². The maximum absolute atomic E-state index is 13.1. The first kappa shape index (κ1) is 11.4. The van der Waals surface area contributed by atoms with E-state index in [4.69, 9.17) is 10.5 Å². The molecule has 1 aliphatic rings. The Hall–Kier alpha value is -1.04. The molecule has 1 aromatic carbocycles. The Bertz CT molecular complexity index is 394. The number of aliphatic hydroxyl groups excluding tert-OH is 1. The van der Waals surface area contributed by atoms with Gasteiger partial charge in [-0.2, -0.15) is 0 Å². The summed E-state index contributed by atoms with van der Waals surface area (Å²) in [5, 5.41) is 9.82. The Morgan fingerprint density at radius 2 is 2.06 bits per heavy atom. The van der Waals surface area contributed by atoms with Crippen molar-refractivity contribution in [2.24, 2.45) is 5.73 Å². The second kappa shape index (κ2) is 4.08. The van der Waals surface area contributed by atoms with E-state index < -0.39 is 23.2 Å². The monoisotopic (exact) mass is 229 g/mol. The van der Waals surface area contributed by atoms with Gasteiger partial charge in [-0.1, -0.05) is 6.07 Å². The molecule has 5 heteroatoms. The first-order chi connectivity index (χ1) is 7.60. The lowest BCUT2D eigenvalue weighted by atomic mass is 9.74. The van der Waals surface area contributed by atoms with Crippen LogP contribution >= 0.6 is 0 Å². The van der Waals surface area contributed by atoms with E-state index in [0.717, 1.165) is 12.1 Å². The number of nitrogens with two attached hydrogens (primary N) is 1. The van der Waals surface area contributed by atoms with Gasteiger partial charge in [0.15, 0.2) is 11.6 Å². The number of benzene rings is 1. The zero-order chi connectivity index (χ0) is 11.8. The maximum Gasteiger partial charge on any atom is 0.159 e. The highest BCUT2D eigenvalue weighted by atomic mass is 19.2. The van der Waals surface area contributed by atoms with Crippen LogP contribution < -0.4 is 5.73 Å². The molecule has 88 valence electrons. The van der Waals surface area contributed by atoms with Gasteiger partial charge in [-0.25, -0.2) is 8.78 Å². The van der Waals surface area contributed by atoms with E-state index in [1.165, 1.54) is 6.07 Å². The number of ether oxygens (including phenoxy) is 1. The molecule has 0 bridgehead atoms. The molecule has 2 rings (SSSR count). The predicted octanol–water partition coefficient (Wildman–Crippen LogP) is 0.552. The molecule has 0 saturated carbocycles. The molecule has 3 nitrogen and oxygen atoms in total. The Morgan fingerprint density at radius 1 is 1.38 bits per heavy atom. The van der Waals surface area contributed by atoms with E-state index in [9.17, 15) is 13.9 Å². The van der Waals surface area contributed by atoms with Crippen molar-refractivity contribution in [1.82, 2.24) is 0 Å². The summed E-state index contributed by atoms with van der Waals surface area (Å²) in [6.07, 6.45) is -0.814. The second-order valence-corrected chi connectivity index (χ2v) is 4.03. The number of hydrogen-bond donors (Lipinski definition) is 2. The smallest absolute Gasteiger partial charge is 0.159 e. The van der Waals surface area contributed by atoms with Crippen LogP contribution in [0.2, 0.25) is 0 Å². The van der Waals surface area contributed by atoms with Crippen LogP contribution in [0.1, 0.15) is 5.56 Å². The predicted molar refractivity (Wildman–Crippen MR) is 53.9 cm³/mol. The molecule has 1 aromatic rings. The first-order valence-electron chi connectivity index (χ1n) is 5.01. The van der Waals surface area contributed by atoms with Crippen LogP contribution in [0.5, 0.6) is 0 Å². The van der Waals surface area contributed by atoms with Crippen LogP contribution in [0.15, 0.2) is 18.2 Å². The lowest BCUT2D eigenvalue weighted by Gasteiger charge is -2.45. The van der Waals surface area contributed by atoms with Crippen LogP contribution in [0.4, 0.5) is 8.78 Å². The molecule has 16 heavy (non-hydrogen) atoms. The standard InChI is InChI=1S/C11H13F2NO2/c12-8-2-1-7(3-9(8)13)11(5-16-6-11)10(15)4-14/h1-3,10,15H,4-6,14H2. The van der Waals surface area contributed by atoms with Gasteiger partial charge in [0, 0.05) is 6.54 Å². The van der Waals surface area contributed by atoms with Gasteiger partial charge in [0.05, 0.1) is 24.7 Å². The minimum atomic E-state index is -0.923. The summed E-state index contributed by atoms with van der Waals surface area (Å²) >= 11 is 0. The van der Waals surface area contributed by atoms with E-state index in [2.05, 4.69) is 0 Å². The van der Waals surface area contributed by atoms with Crippen molar-refractivity contribution in [3.8, 4) is 0 Å². The molecule has 1 unspecified atom stereocenters. The molecular formula is C11H13F2NO2. The average Bonchev–Trinajstić information content (AvgIpc) is 2.21. The van der Waals surface area contributed by atoms with Crippen LogP contribution in [0.25, 0.3) is 0 Å². The van der Waals surface area contributed by atoms with E-state index in [1.54, 1.807) is 0 Å². The molecule has 0 amide bonds. The van der Waals surface area contributed by atoms with Crippen LogP contribution in [0, 0.1) is 11.6 Å². The number of hydrogen-bond acceptors (Lipinski definition) is 3. The van der Waals surface area contributed by atoms with Gasteiger partial charge in [-0.3, -0.25) is 0 Å². The zero-order valence-corrected chi connectivity index (χ0v) is 8.62. The summed E-state index contributed by atoms with van der Waals surface area (Å²) in [5.74, 6) is -1.82. The largest absolute Gasteiger partial charge is 0.391 e. The molecule has 0 radical (unpaired) electrons. The molecule has 1 fully saturated rings. The highest BCUT2D eigenvalue weighted by Gasteiger charge is 2.46. The molecule has 3 N–H and O–H groups in total. The Morgan fingerprint density at radius 3 is 2.50 bits per heavy atom. The van der Waals surface area contributed by atoms with Crippen LogP contribution in [-0.2, 0) is 10.2 Å². The third-order valence-electron chi connectivity index (χ3n) is 3.07. The quantitative estimate of drug-likeness (QED) is 0.796. The number of aliphatic hydroxyl groups is 1. The highest BCUT2D eigenvalue weighted by Crippen LogP contribution is 2.36. The van der Waals surface area contributed by atoms with Crippen molar-refractivity contribution >= 4 is 0 Å². The molecule has 1 heterocycles. The van der Waals surface area contributed by atoms with Gasteiger partial charge < -0.3 is 15.6 Å². The Balaban J connectivity index is 2.37. The topological polar surface area (TPSA) is 55.5 Å². The van der Waals surface area contributed by atoms with Gasteiger partial charge in [0.1, 0.15) is 0 Å². The Labute approximate surface area is 91.8 Å².